The second-order valence-corrected chi connectivity index (χ2v) is 6.63. The van der Waals surface area contributed by atoms with E-state index in [2.05, 4.69) is 17.0 Å². The second kappa shape index (κ2) is 8.90. The van der Waals surface area contributed by atoms with E-state index in [1.165, 1.54) is 5.56 Å². The van der Waals surface area contributed by atoms with E-state index >= 15 is 0 Å². The summed E-state index contributed by atoms with van der Waals surface area (Å²) in [6.45, 7) is 3.73. The number of nitrogens with zero attached hydrogens (tertiary/aromatic N) is 1. The quantitative estimate of drug-likeness (QED) is 0.851. The zero-order valence-corrected chi connectivity index (χ0v) is 15.3. The van der Waals surface area contributed by atoms with E-state index in [0.717, 1.165) is 44.8 Å². The molecule has 2 atom stereocenters. The van der Waals surface area contributed by atoms with Crippen LogP contribution in [-0.4, -0.2) is 67.8 Å². The van der Waals surface area contributed by atoms with Gasteiger partial charge in [-0.3, -0.25) is 4.90 Å². The van der Waals surface area contributed by atoms with E-state index in [0.29, 0.717) is 0 Å². The van der Waals surface area contributed by atoms with Gasteiger partial charge in [0.1, 0.15) is 5.75 Å². The average Bonchev–Trinajstić information content (AvgIpc) is 3.21. The van der Waals surface area contributed by atoms with E-state index in [1.54, 1.807) is 14.2 Å². The summed E-state index contributed by atoms with van der Waals surface area (Å²) in [4.78, 5) is 11.4. The van der Waals surface area contributed by atoms with Crippen molar-refractivity contribution in [3.8, 4) is 5.75 Å². The summed E-state index contributed by atoms with van der Waals surface area (Å²) in [7, 11) is 3.50. The average molecular weight is 391 g/mol. The van der Waals surface area contributed by atoms with Crippen molar-refractivity contribution in [2.75, 3.05) is 33.9 Å². The van der Waals surface area contributed by atoms with Gasteiger partial charge in [0.25, 0.3) is 0 Å². The van der Waals surface area contributed by atoms with Gasteiger partial charge in [-0.2, -0.15) is 13.2 Å². The van der Waals surface area contributed by atoms with Gasteiger partial charge < -0.3 is 19.3 Å². The summed E-state index contributed by atoms with van der Waals surface area (Å²) in [6.07, 6.45) is -2.70. The highest BCUT2D eigenvalue weighted by molar-refractivity contribution is 5.73. The molecular formula is C18H24F3NO5. The Bertz CT molecular complexity index is 640. The number of ether oxygens (including phenoxy) is 3. The first-order valence-electron chi connectivity index (χ1n) is 8.50. The van der Waals surface area contributed by atoms with E-state index in [-0.39, 0.29) is 11.7 Å². The molecule has 2 aliphatic rings. The molecule has 27 heavy (non-hydrogen) atoms. The number of aliphatic carboxylic acids is 1. The number of benzene rings is 1. The van der Waals surface area contributed by atoms with Crippen LogP contribution in [0.1, 0.15) is 18.4 Å². The number of likely N-dealkylation sites (tertiary alicyclic amines) is 1. The number of hydrogen-bond donors (Lipinski definition) is 1. The summed E-state index contributed by atoms with van der Waals surface area (Å²) in [5, 5.41) is 7.12. The summed E-state index contributed by atoms with van der Waals surface area (Å²) in [5.41, 5.74) is 1.26. The van der Waals surface area contributed by atoms with Gasteiger partial charge in [-0.1, -0.05) is 18.2 Å². The van der Waals surface area contributed by atoms with Crippen LogP contribution in [0, 0.1) is 0 Å². The number of carboxylic acid groups (broad SMARTS) is 1. The van der Waals surface area contributed by atoms with Crippen molar-refractivity contribution in [3.05, 3.63) is 29.8 Å². The number of carboxylic acids is 1. The molecule has 2 fully saturated rings. The van der Waals surface area contributed by atoms with Crippen LogP contribution in [0.3, 0.4) is 0 Å². The molecule has 0 unspecified atom stereocenters. The summed E-state index contributed by atoms with van der Waals surface area (Å²) in [5.74, 6) is -1.79. The maximum atomic E-state index is 10.6. The largest absolute Gasteiger partial charge is 0.496 e. The predicted molar refractivity (Wildman–Crippen MR) is 90.7 cm³/mol. The van der Waals surface area contributed by atoms with Gasteiger partial charge in [0, 0.05) is 38.7 Å². The van der Waals surface area contributed by atoms with Gasteiger partial charge in [-0.15, -0.1) is 0 Å². The van der Waals surface area contributed by atoms with Gasteiger partial charge >= 0.3 is 12.1 Å². The minimum atomic E-state index is -5.08. The maximum absolute atomic E-state index is 10.6. The highest BCUT2D eigenvalue weighted by Crippen LogP contribution is 2.37. The number of methoxy groups -OCH3 is 2. The van der Waals surface area contributed by atoms with Gasteiger partial charge in [0.2, 0.25) is 0 Å². The van der Waals surface area contributed by atoms with Crippen LogP contribution in [0.4, 0.5) is 13.2 Å². The van der Waals surface area contributed by atoms with Crippen LogP contribution in [-0.2, 0) is 20.8 Å². The van der Waals surface area contributed by atoms with E-state index < -0.39 is 12.1 Å². The zero-order chi connectivity index (χ0) is 20.1. The van der Waals surface area contributed by atoms with Crippen molar-refractivity contribution in [3.63, 3.8) is 0 Å². The van der Waals surface area contributed by atoms with E-state index in [1.807, 2.05) is 12.1 Å². The van der Waals surface area contributed by atoms with Gasteiger partial charge in [0.15, 0.2) is 0 Å². The fourth-order valence-electron chi connectivity index (χ4n) is 3.38. The summed E-state index contributed by atoms with van der Waals surface area (Å²) >= 11 is 0. The van der Waals surface area contributed by atoms with Crippen LogP contribution in [0.25, 0.3) is 0 Å². The van der Waals surface area contributed by atoms with Crippen LogP contribution in [0.5, 0.6) is 5.75 Å². The molecule has 0 aromatic heterocycles. The van der Waals surface area contributed by atoms with Gasteiger partial charge in [0.05, 0.1) is 25.4 Å². The molecule has 0 radical (unpaired) electrons. The fourth-order valence-corrected chi connectivity index (χ4v) is 3.38. The first kappa shape index (κ1) is 21.5. The van der Waals surface area contributed by atoms with Crippen molar-refractivity contribution in [2.45, 2.75) is 37.3 Å². The Kier molecular flexibility index (Phi) is 7.07. The third kappa shape index (κ3) is 5.82. The molecule has 1 aromatic carbocycles. The summed E-state index contributed by atoms with van der Waals surface area (Å²) < 4.78 is 48.6. The molecule has 6 nitrogen and oxygen atoms in total. The fraction of sp³-hybridized carbons (Fsp3) is 0.611. The summed E-state index contributed by atoms with van der Waals surface area (Å²) in [6, 6.07) is 8.24. The third-order valence-corrected chi connectivity index (χ3v) is 4.73. The Labute approximate surface area is 155 Å². The SMILES string of the molecule is COc1ccccc1CN1CC[C@]2(C[C@@H](OC)CO2)C1.O=C(O)C(F)(F)F. The molecule has 0 saturated carbocycles. The zero-order valence-electron chi connectivity index (χ0n) is 15.3. The topological polar surface area (TPSA) is 68.2 Å². The van der Waals surface area contributed by atoms with Crippen LogP contribution in [0.2, 0.25) is 0 Å². The van der Waals surface area contributed by atoms with Crippen molar-refractivity contribution in [2.24, 2.45) is 0 Å². The van der Waals surface area contributed by atoms with Crippen LogP contribution >= 0.6 is 0 Å². The second-order valence-electron chi connectivity index (χ2n) is 6.63. The van der Waals surface area contributed by atoms with E-state index in [9.17, 15) is 13.2 Å². The molecule has 0 bridgehead atoms. The number of rotatable bonds is 4. The molecule has 0 aliphatic carbocycles. The molecule has 2 saturated heterocycles. The molecule has 1 spiro atoms. The number of halogens is 3. The van der Waals surface area contributed by atoms with Crippen molar-refractivity contribution >= 4 is 5.97 Å². The molecule has 152 valence electrons. The highest BCUT2D eigenvalue weighted by atomic mass is 19.4. The molecule has 2 heterocycles. The third-order valence-electron chi connectivity index (χ3n) is 4.73. The minimum Gasteiger partial charge on any atom is -0.496 e. The monoisotopic (exact) mass is 391 g/mol. The number of carbonyl (C=O) groups is 1. The Morgan fingerprint density at radius 3 is 2.59 bits per heavy atom. The molecule has 9 heteroatoms. The molecule has 1 aromatic rings. The Morgan fingerprint density at radius 1 is 1.37 bits per heavy atom. The van der Waals surface area contributed by atoms with E-state index in [4.69, 9.17) is 24.1 Å². The van der Waals surface area contributed by atoms with Crippen LogP contribution in [0.15, 0.2) is 24.3 Å². The minimum absolute atomic E-state index is 0.0166. The van der Waals surface area contributed by atoms with Gasteiger partial charge in [-0.05, 0) is 12.5 Å². The van der Waals surface area contributed by atoms with Crippen LogP contribution < -0.4 is 4.74 Å². The lowest BCUT2D eigenvalue weighted by Gasteiger charge is -2.23. The lowest BCUT2D eigenvalue weighted by atomic mass is 9.98. The highest BCUT2D eigenvalue weighted by Gasteiger charge is 2.45. The standard InChI is InChI=1S/C16H23NO3.C2HF3O2/c1-18-14-9-16(20-11-14)7-8-17(12-16)10-13-5-3-4-6-15(13)19-2;3-2(4,5)1(6)7/h3-6,14H,7-12H2,1-2H3;(H,6,7)/t14-,16+;/m1./s1. The Hall–Kier alpha value is -1.84. The first-order chi connectivity index (χ1) is 12.7. The molecule has 2 aliphatic heterocycles. The van der Waals surface area contributed by atoms with Crippen molar-refractivity contribution < 1.29 is 37.3 Å². The molecule has 1 N–H and O–H groups in total. The Balaban J connectivity index is 0.000000321. The van der Waals surface area contributed by atoms with Crippen molar-refractivity contribution in [1.82, 2.24) is 4.90 Å². The first-order valence-corrected chi connectivity index (χ1v) is 8.50. The van der Waals surface area contributed by atoms with Crippen molar-refractivity contribution in [1.29, 1.82) is 0 Å². The lowest BCUT2D eigenvalue weighted by Crippen LogP contribution is -2.32. The number of para-hydroxylation sites is 1. The number of alkyl halides is 3. The molecule has 3 rings (SSSR count). The molecule has 0 amide bonds. The Morgan fingerprint density at radius 2 is 2.04 bits per heavy atom. The normalized spacial score (nSPS) is 25.3. The predicted octanol–water partition coefficient (Wildman–Crippen LogP) is 2.71. The maximum Gasteiger partial charge on any atom is 0.490 e. The molecular weight excluding hydrogens is 367 g/mol. The number of hydrogen-bond acceptors (Lipinski definition) is 5. The lowest BCUT2D eigenvalue weighted by molar-refractivity contribution is -0.192. The smallest absolute Gasteiger partial charge is 0.490 e. The van der Waals surface area contributed by atoms with Gasteiger partial charge in [-0.25, -0.2) is 4.79 Å².